The highest BCUT2D eigenvalue weighted by Crippen LogP contribution is 2.23. The Bertz CT molecular complexity index is 455. The standard InChI is InChI=1S/C10H10N4O2/c15-10-7-5-11-14-9(7)12-8(13-10)6-1-3-16-4-2-6/h5-6H,1-4H2. The molecule has 1 saturated heterocycles. The van der Waals surface area contributed by atoms with Crippen LogP contribution >= 0.6 is 0 Å². The molecule has 6 nitrogen and oxygen atoms in total. The average Bonchev–Trinajstić information content (AvgIpc) is 2.79. The molecule has 3 rings (SSSR count). The molecule has 0 bridgehead atoms. The van der Waals surface area contributed by atoms with E-state index in [4.69, 9.17) is 4.74 Å². The molecule has 0 spiro atoms. The van der Waals surface area contributed by atoms with Crippen LogP contribution < -0.4 is 0 Å². The van der Waals surface area contributed by atoms with E-state index in [-0.39, 0.29) is 11.8 Å². The van der Waals surface area contributed by atoms with Gasteiger partial charge in [-0.15, -0.1) is 5.11 Å². The summed E-state index contributed by atoms with van der Waals surface area (Å²) in [6, 6.07) is 0. The van der Waals surface area contributed by atoms with E-state index in [0.29, 0.717) is 30.5 Å². The second-order valence-corrected chi connectivity index (χ2v) is 3.86. The molecule has 0 atom stereocenters. The normalized spacial score (nSPS) is 25.0. The van der Waals surface area contributed by atoms with Gasteiger partial charge in [0.1, 0.15) is 11.4 Å². The highest BCUT2D eigenvalue weighted by atomic mass is 16.5. The summed E-state index contributed by atoms with van der Waals surface area (Å²) in [4.78, 5) is 19.9. The van der Waals surface area contributed by atoms with E-state index in [1.165, 1.54) is 6.20 Å². The fourth-order valence-corrected chi connectivity index (χ4v) is 1.92. The van der Waals surface area contributed by atoms with Gasteiger partial charge in [0.15, 0.2) is 5.84 Å². The number of rotatable bonds is 1. The molecule has 0 aromatic heterocycles. The number of nitrogens with zero attached hydrogens (tertiary/aromatic N) is 4. The van der Waals surface area contributed by atoms with Gasteiger partial charge in [-0.05, 0) is 12.8 Å². The molecule has 3 aliphatic heterocycles. The molecular formula is C10H10N4O2. The van der Waals surface area contributed by atoms with Gasteiger partial charge in [0, 0.05) is 19.1 Å². The monoisotopic (exact) mass is 218 g/mol. The molecule has 0 saturated carbocycles. The third-order valence-electron chi connectivity index (χ3n) is 2.83. The zero-order valence-corrected chi connectivity index (χ0v) is 8.59. The highest BCUT2D eigenvalue weighted by Gasteiger charge is 2.29. The predicted octanol–water partition coefficient (Wildman–Crippen LogP) is 1.10. The molecule has 0 aromatic carbocycles. The summed E-state index contributed by atoms with van der Waals surface area (Å²) in [6.45, 7) is 1.40. The van der Waals surface area contributed by atoms with Crippen LogP contribution in [0.15, 0.2) is 32.0 Å². The molecule has 0 N–H and O–H groups in total. The van der Waals surface area contributed by atoms with E-state index in [1.54, 1.807) is 0 Å². The fourth-order valence-electron chi connectivity index (χ4n) is 1.92. The first-order valence-corrected chi connectivity index (χ1v) is 5.25. The Morgan fingerprint density at radius 2 is 2.06 bits per heavy atom. The van der Waals surface area contributed by atoms with Crippen LogP contribution in [0.1, 0.15) is 12.8 Å². The number of amides is 1. The van der Waals surface area contributed by atoms with Crippen LogP contribution in [0.2, 0.25) is 0 Å². The zero-order valence-electron chi connectivity index (χ0n) is 8.59. The smallest absolute Gasteiger partial charge is 0.284 e. The third-order valence-corrected chi connectivity index (χ3v) is 2.83. The Morgan fingerprint density at radius 3 is 2.88 bits per heavy atom. The number of ether oxygens (including phenoxy) is 1. The molecule has 0 radical (unpaired) electrons. The van der Waals surface area contributed by atoms with Crippen molar-refractivity contribution in [3.8, 4) is 0 Å². The van der Waals surface area contributed by atoms with E-state index in [9.17, 15) is 4.79 Å². The fraction of sp³-hybridized carbons (Fsp3) is 0.500. The van der Waals surface area contributed by atoms with Gasteiger partial charge in [-0.1, -0.05) is 0 Å². The summed E-state index contributed by atoms with van der Waals surface area (Å²) < 4.78 is 5.26. The van der Waals surface area contributed by atoms with Crippen molar-refractivity contribution in [3.63, 3.8) is 0 Å². The SMILES string of the molecule is O=C1N=C(C2CCOCC2)N=C2N=NC=C12. The number of carbonyl (C=O) groups is 1. The summed E-state index contributed by atoms with van der Waals surface area (Å²) in [7, 11) is 0. The van der Waals surface area contributed by atoms with Crippen molar-refractivity contribution < 1.29 is 9.53 Å². The van der Waals surface area contributed by atoms with Gasteiger partial charge in [0.05, 0.1) is 6.20 Å². The van der Waals surface area contributed by atoms with Crippen molar-refractivity contribution in [1.29, 1.82) is 0 Å². The van der Waals surface area contributed by atoms with Gasteiger partial charge >= 0.3 is 0 Å². The van der Waals surface area contributed by atoms with Crippen molar-refractivity contribution in [2.24, 2.45) is 26.1 Å². The topological polar surface area (TPSA) is 75.7 Å². The second-order valence-electron chi connectivity index (χ2n) is 3.86. The third kappa shape index (κ3) is 1.51. The van der Waals surface area contributed by atoms with Gasteiger partial charge in [0.2, 0.25) is 0 Å². The lowest BCUT2D eigenvalue weighted by Gasteiger charge is -2.22. The molecule has 3 heterocycles. The minimum Gasteiger partial charge on any atom is -0.381 e. The lowest BCUT2D eigenvalue weighted by molar-refractivity contribution is -0.114. The van der Waals surface area contributed by atoms with Crippen LogP contribution in [0.3, 0.4) is 0 Å². The number of hydrogen-bond acceptors (Lipinski definition) is 5. The second kappa shape index (κ2) is 3.71. The van der Waals surface area contributed by atoms with Crippen LogP contribution in [0.5, 0.6) is 0 Å². The number of aliphatic imine (C=N–C) groups is 2. The lowest BCUT2D eigenvalue weighted by Crippen LogP contribution is -2.27. The molecule has 3 aliphatic rings. The summed E-state index contributed by atoms with van der Waals surface area (Å²) >= 11 is 0. The minimum absolute atomic E-state index is 0.211. The zero-order chi connectivity index (χ0) is 11.0. The van der Waals surface area contributed by atoms with Crippen LogP contribution in [-0.2, 0) is 9.53 Å². The highest BCUT2D eigenvalue weighted by molar-refractivity contribution is 6.29. The van der Waals surface area contributed by atoms with Crippen LogP contribution in [0.25, 0.3) is 0 Å². The average molecular weight is 218 g/mol. The molecule has 1 fully saturated rings. The van der Waals surface area contributed by atoms with Gasteiger partial charge in [-0.3, -0.25) is 4.79 Å². The number of fused-ring (bicyclic) bond motifs is 1. The molecule has 6 heteroatoms. The Labute approximate surface area is 91.8 Å². The first kappa shape index (κ1) is 9.53. The van der Waals surface area contributed by atoms with Crippen molar-refractivity contribution in [2.75, 3.05) is 13.2 Å². The molecule has 0 aliphatic carbocycles. The Balaban J connectivity index is 1.89. The van der Waals surface area contributed by atoms with E-state index in [0.717, 1.165) is 12.8 Å². The van der Waals surface area contributed by atoms with Gasteiger partial charge in [0.25, 0.3) is 5.91 Å². The Kier molecular flexibility index (Phi) is 2.21. The molecular weight excluding hydrogens is 208 g/mol. The summed E-state index contributed by atoms with van der Waals surface area (Å²) in [5, 5.41) is 7.47. The molecule has 0 aromatic rings. The maximum absolute atomic E-state index is 11.6. The minimum atomic E-state index is -0.281. The number of carbonyl (C=O) groups excluding carboxylic acids is 1. The maximum Gasteiger partial charge on any atom is 0.284 e. The van der Waals surface area contributed by atoms with Crippen LogP contribution in [0, 0.1) is 5.92 Å². The summed E-state index contributed by atoms with van der Waals surface area (Å²) in [5.41, 5.74) is 0.399. The van der Waals surface area contributed by atoms with Crippen LogP contribution in [0.4, 0.5) is 0 Å². The van der Waals surface area contributed by atoms with Crippen molar-refractivity contribution in [2.45, 2.75) is 12.8 Å². The van der Waals surface area contributed by atoms with Gasteiger partial charge in [-0.25, -0.2) is 4.99 Å². The van der Waals surface area contributed by atoms with E-state index in [1.807, 2.05) is 0 Å². The number of azo groups is 1. The van der Waals surface area contributed by atoms with Crippen LogP contribution in [-0.4, -0.2) is 30.8 Å². The molecule has 1 amide bonds. The van der Waals surface area contributed by atoms with Crippen molar-refractivity contribution in [3.05, 3.63) is 11.8 Å². The van der Waals surface area contributed by atoms with E-state index < -0.39 is 0 Å². The largest absolute Gasteiger partial charge is 0.381 e. The first-order valence-electron chi connectivity index (χ1n) is 5.25. The summed E-state index contributed by atoms with van der Waals surface area (Å²) in [5.74, 6) is 0.918. The van der Waals surface area contributed by atoms with E-state index >= 15 is 0 Å². The number of hydrogen-bond donors (Lipinski definition) is 0. The molecule has 0 unspecified atom stereocenters. The molecule has 82 valence electrons. The Morgan fingerprint density at radius 1 is 1.25 bits per heavy atom. The predicted molar refractivity (Wildman–Crippen MR) is 56.4 cm³/mol. The first-order chi connectivity index (χ1) is 7.84. The van der Waals surface area contributed by atoms with Crippen molar-refractivity contribution in [1.82, 2.24) is 0 Å². The molecule has 16 heavy (non-hydrogen) atoms. The lowest BCUT2D eigenvalue weighted by atomic mass is 9.98. The Hall–Kier alpha value is -1.69. The number of amidine groups is 2. The van der Waals surface area contributed by atoms with Crippen molar-refractivity contribution >= 4 is 17.6 Å². The maximum atomic E-state index is 11.6. The summed E-state index contributed by atoms with van der Waals surface area (Å²) in [6.07, 6.45) is 3.13. The van der Waals surface area contributed by atoms with E-state index in [2.05, 4.69) is 20.2 Å². The quantitative estimate of drug-likeness (QED) is 0.660. The van der Waals surface area contributed by atoms with Gasteiger partial charge in [-0.2, -0.15) is 10.1 Å². The van der Waals surface area contributed by atoms with Gasteiger partial charge < -0.3 is 4.74 Å².